The molecule has 0 saturated heterocycles. The molecular formula is C15H23NO4. The van der Waals surface area contributed by atoms with Crippen molar-refractivity contribution < 1.29 is 19.8 Å². The molecule has 3 N–H and O–H groups in total. The molecule has 5 unspecified atom stereocenters. The van der Waals surface area contributed by atoms with Gasteiger partial charge in [-0.1, -0.05) is 25.5 Å². The van der Waals surface area contributed by atoms with Gasteiger partial charge >= 0.3 is 5.97 Å². The maximum Gasteiger partial charge on any atom is 0.307 e. The number of nitrogens with one attached hydrogen (secondary N) is 1. The van der Waals surface area contributed by atoms with Crippen molar-refractivity contribution in [2.24, 2.45) is 29.6 Å². The van der Waals surface area contributed by atoms with Crippen LogP contribution in [0.25, 0.3) is 0 Å². The molecule has 0 heterocycles. The number of fused-ring (bicyclic) bond motifs is 2. The number of aliphatic hydroxyl groups is 1. The first-order chi connectivity index (χ1) is 9.58. The smallest absolute Gasteiger partial charge is 0.307 e. The summed E-state index contributed by atoms with van der Waals surface area (Å²) in [6, 6.07) is 0. The molecule has 0 radical (unpaired) electrons. The molecule has 5 nitrogen and oxygen atoms in total. The van der Waals surface area contributed by atoms with E-state index in [1.54, 1.807) is 0 Å². The van der Waals surface area contributed by atoms with Crippen LogP contribution in [-0.2, 0) is 9.59 Å². The lowest BCUT2D eigenvalue weighted by Gasteiger charge is -2.25. The lowest BCUT2D eigenvalue weighted by Crippen LogP contribution is -2.41. The summed E-state index contributed by atoms with van der Waals surface area (Å²) in [4.78, 5) is 23.7. The van der Waals surface area contributed by atoms with E-state index < -0.39 is 17.8 Å². The first kappa shape index (κ1) is 15.0. The summed E-state index contributed by atoms with van der Waals surface area (Å²) in [6.07, 6.45) is 6.26. The van der Waals surface area contributed by atoms with Gasteiger partial charge in [-0.3, -0.25) is 9.59 Å². The van der Waals surface area contributed by atoms with Crippen molar-refractivity contribution in [3.05, 3.63) is 12.2 Å². The average molecular weight is 281 g/mol. The van der Waals surface area contributed by atoms with Crippen molar-refractivity contribution in [2.75, 3.05) is 13.2 Å². The topological polar surface area (TPSA) is 86.6 Å². The van der Waals surface area contributed by atoms with Crippen LogP contribution >= 0.6 is 0 Å². The molecule has 20 heavy (non-hydrogen) atoms. The number of aliphatic hydroxyl groups excluding tert-OH is 1. The Hall–Kier alpha value is -1.36. The van der Waals surface area contributed by atoms with Crippen molar-refractivity contribution in [3.8, 4) is 0 Å². The van der Waals surface area contributed by atoms with E-state index in [9.17, 15) is 14.7 Å². The van der Waals surface area contributed by atoms with Gasteiger partial charge < -0.3 is 15.5 Å². The third kappa shape index (κ3) is 2.87. The van der Waals surface area contributed by atoms with Crippen LogP contribution in [0.4, 0.5) is 0 Å². The fraction of sp³-hybridized carbons (Fsp3) is 0.733. The van der Waals surface area contributed by atoms with E-state index in [0.29, 0.717) is 13.0 Å². The number of aliphatic carboxylic acids is 1. The van der Waals surface area contributed by atoms with Crippen LogP contribution in [0.5, 0.6) is 0 Å². The molecule has 0 aromatic heterocycles. The summed E-state index contributed by atoms with van der Waals surface area (Å²) in [7, 11) is 0. The molecule has 5 heteroatoms. The third-order valence-electron chi connectivity index (χ3n) is 4.73. The van der Waals surface area contributed by atoms with Crippen molar-refractivity contribution in [3.63, 3.8) is 0 Å². The van der Waals surface area contributed by atoms with Gasteiger partial charge in [0.2, 0.25) is 5.91 Å². The van der Waals surface area contributed by atoms with Crippen molar-refractivity contribution in [1.29, 1.82) is 0 Å². The second kappa shape index (κ2) is 6.39. The van der Waals surface area contributed by atoms with Crippen molar-refractivity contribution in [2.45, 2.75) is 26.2 Å². The van der Waals surface area contributed by atoms with Gasteiger partial charge in [0, 0.05) is 13.2 Å². The number of carboxylic acid groups (broad SMARTS) is 1. The molecule has 5 atom stereocenters. The summed E-state index contributed by atoms with van der Waals surface area (Å²) >= 11 is 0. The Kier molecular flexibility index (Phi) is 4.81. The molecule has 0 aromatic rings. The minimum absolute atomic E-state index is 0.00710. The molecule has 0 aliphatic heterocycles. The Morgan fingerprint density at radius 2 is 1.95 bits per heavy atom. The van der Waals surface area contributed by atoms with E-state index in [1.165, 1.54) is 0 Å². The second-order valence-electron chi connectivity index (χ2n) is 5.87. The van der Waals surface area contributed by atoms with Crippen LogP contribution < -0.4 is 5.32 Å². The zero-order chi connectivity index (χ0) is 14.7. The maximum atomic E-state index is 12.3. The fourth-order valence-corrected chi connectivity index (χ4v) is 3.51. The molecule has 1 saturated carbocycles. The predicted molar refractivity (Wildman–Crippen MR) is 73.8 cm³/mol. The highest BCUT2D eigenvalue weighted by atomic mass is 16.4. The van der Waals surface area contributed by atoms with Gasteiger partial charge in [0.1, 0.15) is 0 Å². The summed E-state index contributed by atoms with van der Waals surface area (Å²) in [5.74, 6) is -1.71. The molecule has 2 aliphatic rings. The van der Waals surface area contributed by atoms with Crippen LogP contribution in [0.3, 0.4) is 0 Å². The number of carbonyl (C=O) groups excluding carboxylic acids is 1. The minimum Gasteiger partial charge on any atom is -0.481 e. The highest BCUT2D eigenvalue weighted by molar-refractivity contribution is 5.86. The predicted octanol–water partition coefficient (Wildman–Crippen LogP) is 1.03. The SMILES string of the molecule is CCC(CCO)CNC(=O)C1C2C=CC(C2)C1C(=O)O. The van der Waals surface area contributed by atoms with Crippen LogP contribution in [-0.4, -0.2) is 35.2 Å². The summed E-state index contributed by atoms with van der Waals surface area (Å²) in [5.41, 5.74) is 0. The van der Waals surface area contributed by atoms with Crippen LogP contribution in [0.2, 0.25) is 0 Å². The highest BCUT2D eigenvalue weighted by Gasteiger charge is 2.51. The highest BCUT2D eigenvalue weighted by Crippen LogP contribution is 2.48. The van der Waals surface area contributed by atoms with Gasteiger partial charge in [-0.25, -0.2) is 0 Å². The molecule has 2 bridgehead atoms. The number of amides is 1. The molecule has 0 spiro atoms. The normalized spacial score (nSPS) is 32.3. The Morgan fingerprint density at radius 3 is 2.50 bits per heavy atom. The fourth-order valence-electron chi connectivity index (χ4n) is 3.51. The average Bonchev–Trinajstić information content (AvgIpc) is 3.03. The quantitative estimate of drug-likeness (QED) is 0.608. The van der Waals surface area contributed by atoms with Gasteiger partial charge in [-0.05, 0) is 30.6 Å². The van der Waals surface area contributed by atoms with Crippen molar-refractivity contribution in [1.82, 2.24) is 5.32 Å². The number of carbonyl (C=O) groups is 2. The molecule has 112 valence electrons. The van der Waals surface area contributed by atoms with Gasteiger partial charge in [-0.15, -0.1) is 0 Å². The third-order valence-corrected chi connectivity index (χ3v) is 4.73. The molecule has 0 aromatic carbocycles. The summed E-state index contributed by atoms with van der Waals surface area (Å²) in [6.45, 7) is 2.65. The Bertz CT molecular complexity index is 407. The summed E-state index contributed by atoms with van der Waals surface area (Å²) in [5, 5.41) is 21.1. The number of allylic oxidation sites excluding steroid dienone is 2. The largest absolute Gasteiger partial charge is 0.481 e. The number of carboxylic acids is 1. The van der Waals surface area contributed by atoms with E-state index >= 15 is 0 Å². The first-order valence-electron chi connectivity index (χ1n) is 7.38. The molecule has 2 aliphatic carbocycles. The number of hydrogen-bond acceptors (Lipinski definition) is 3. The Morgan fingerprint density at radius 1 is 1.30 bits per heavy atom. The van der Waals surface area contributed by atoms with Crippen LogP contribution in [0.15, 0.2) is 12.2 Å². The van der Waals surface area contributed by atoms with Crippen LogP contribution in [0, 0.1) is 29.6 Å². The molecule has 1 amide bonds. The zero-order valence-electron chi connectivity index (χ0n) is 11.8. The Balaban J connectivity index is 1.95. The first-order valence-corrected chi connectivity index (χ1v) is 7.38. The number of rotatable bonds is 7. The van der Waals surface area contributed by atoms with E-state index in [4.69, 9.17) is 5.11 Å². The molecule has 1 fully saturated rings. The van der Waals surface area contributed by atoms with Gasteiger partial charge in [0.15, 0.2) is 0 Å². The van der Waals surface area contributed by atoms with Gasteiger partial charge in [-0.2, -0.15) is 0 Å². The monoisotopic (exact) mass is 281 g/mol. The van der Waals surface area contributed by atoms with Gasteiger partial charge in [0.25, 0.3) is 0 Å². The molecule has 2 rings (SSSR count). The minimum atomic E-state index is -0.871. The van der Waals surface area contributed by atoms with E-state index in [0.717, 1.165) is 12.8 Å². The second-order valence-corrected chi connectivity index (χ2v) is 5.87. The van der Waals surface area contributed by atoms with E-state index in [2.05, 4.69) is 5.32 Å². The summed E-state index contributed by atoms with van der Waals surface area (Å²) < 4.78 is 0. The zero-order valence-corrected chi connectivity index (χ0v) is 11.8. The number of hydrogen-bond donors (Lipinski definition) is 3. The van der Waals surface area contributed by atoms with E-state index in [-0.39, 0.29) is 30.3 Å². The van der Waals surface area contributed by atoms with Crippen LogP contribution in [0.1, 0.15) is 26.2 Å². The lowest BCUT2D eigenvalue weighted by atomic mass is 9.82. The standard InChI is InChI=1S/C15H23NO4/c1-2-9(5-6-17)8-16-14(18)12-10-3-4-11(7-10)13(12)15(19)20/h3-4,9-13,17H,2,5-8H2,1H3,(H,16,18)(H,19,20). The van der Waals surface area contributed by atoms with E-state index in [1.807, 2.05) is 19.1 Å². The van der Waals surface area contributed by atoms with Gasteiger partial charge in [0.05, 0.1) is 11.8 Å². The lowest BCUT2D eigenvalue weighted by molar-refractivity contribution is -0.147. The van der Waals surface area contributed by atoms with Crippen molar-refractivity contribution >= 4 is 11.9 Å². The Labute approximate surface area is 119 Å². The molecular weight excluding hydrogens is 258 g/mol. The maximum absolute atomic E-state index is 12.3.